The summed E-state index contributed by atoms with van der Waals surface area (Å²) in [6, 6.07) is 4.13. The van der Waals surface area contributed by atoms with E-state index < -0.39 is 5.82 Å². The molecule has 0 spiro atoms. The van der Waals surface area contributed by atoms with E-state index in [2.05, 4.69) is 19.2 Å². The highest BCUT2D eigenvalue weighted by Crippen LogP contribution is 2.19. The van der Waals surface area contributed by atoms with Crippen molar-refractivity contribution in [2.45, 2.75) is 20.3 Å². The number of rotatable bonds is 4. The van der Waals surface area contributed by atoms with Gasteiger partial charge < -0.3 is 10.4 Å². The lowest BCUT2D eigenvalue weighted by Gasteiger charge is -2.09. The molecular formula is C11H16FNO. The van der Waals surface area contributed by atoms with Gasteiger partial charge in [-0.3, -0.25) is 0 Å². The summed E-state index contributed by atoms with van der Waals surface area (Å²) < 4.78 is 13.2. The number of nitrogens with one attached hydrogen (secondary N) is 1. The lowest BCUT2D eigenvalue weighted by atomic mass is 10.1. The van der Waals surface area contributed by atoms with Crippen molar-refractivity contribution in [2.24, 2.45) is 5.92 Å². The molecule has 0 aromatic heterocycles. The van der Waals surface area contributed by atoms with Crippen LogP contribution in [0.5, 0.6) is 5.75 Å². The second kappa shape index (κ2) is 4.84. The first-order valence-corrected chi connectivity index (χ1v) is 4.82. The van der Waals surface area contributed by atoms with Gasteiger partial charge >= 0.3 is 0 Å². The maximum absolute atomic E-state index is 13.2. The molecular weight excluding hydrogens is 181 g/mol. The average molecular weight is 197 g/mol. The van der Waals surface area contributed by atoms with E-state index in [0.29, 0.717) is 11.6 Å². The van der Waals surface area contributed by atoms with Gasteiger partial charge in [0.1, 0.15) is 11.6 Å². The number of benzene rings is 1. The van der Waals surface area contributed by atoms with Crippen LogP contribution in [0.1, 0.15) is 20.3 Å². The lowest BCUT2D eigenvalue weighted by molar-refractivity contribution is 0.469. The number of aromatic hydroxyl groups is 1. The fourth-order valence-electron chi connectivity index (χ4n) is 1.14. The first-order valence-electron chi connectivity index (χ1n) is 4.82. The Morgan fingerprint density at radius 3 is 2.71 bits per heavy atom. The standard InChI is InChI=1S/C11H16FNO/c1-8(2)5-6-13-11-4-3-9(14)7-10(11)12/h3-4,7-8,13-14H,5-6H2,1-2H3. The smallest absolute Gasteiger partial charge is 0.149 e. The molecule has 14 heavy (non-hydrogen) atoms. The van der Waals surface area contributed by atoms with Crippen molar-refractivity contribution in [3.05, 3.63) is 24.0 Å². The molecule has 0 amide bonds. The van der Waals surface area contributed by atoms with Crippen LogP contribution in [-0.4, -0.2) is 11.7 Å². The molecule has 0 aliphatic heterocycles. The van der Waals surface area contributed by atoms with Gasteiger partial charge in [0.25, 0.3) is 0 Å². The van der Waals surface area contributed by atoms with Crippen molar-refractivity contribution in [3.63, 3.8) is 0 Å². The normalized spacial score (nSPS) is 10.6. The summed E-state index contributed by atoms with van der Waals surface area (Å²) in [5.74, 6) is 0.147. The maximum atomic E-state index is 13.2. The molecule has 0 heterocycles. The van der Waals surface area contributed by atoms with Gasteiger partial charge in [0, 0.05) is 12.6 Å². The summed E-state index contributed by atoms with van der Waals surface area (Å²) in [6.07, 6.45) is 1.00. The van der Waals surface area contributed by atoms with Crippen LogP contribution in [0, 0.1) is 11.7 Å². The van der Waals surface area contributed by atoms with E-state index in [-0.39, 0.29) is 5.75 Å². The molecule has 0 saturated carbocycles. The molecule has 0 radical (unpaired) electrons. The van der Waals surface area contributed by atoms with E-state index in [4.69, 9.17) is 5.11 Å². The molecule has 0 saturated heterocycles. The SMILES string of the molecule is CC(C)CCNc1ccc(O)cc1F. The summed E-state index contributed by atoms with van der Waals surface area (Å²) in [5, 5.41) is 12.0. The van der Waals surface area contributed by atoms with Gasteiger partial charge in [-0.1, -0.05) is 13.8 Å². The third kappa shape index (κ3) is 3.24. The van der Waals surface area contributed by atoms with Gasteiger partial charge in [0.15, 0.2) is 0 Å². The van der Waals surface area contributed by atoms with Crippen molar-refractivity contribution in [1.29, 1.82) is 0 Å². The molecule has 1 rings (SSSR count). The monoisotopic (exact) mass is 197 g/mol. The minimum Gasteiger partial charge on any atom is -0.508 e. The third-order valence-corrected chi connectivity index (χ3v) is 1.99. The minimum absolute atomic E-state index is 0.0445. The fourth-order valence-corrected chi connectivity index (χ4v) is 1.14. The number of hydrogen-bond donors (Lipinski definition) is 2. The molecule has 3 heteroatoms. The Bertz CT molecular complexity index is 299. The van der Waals surface area contributed by atoms with Crippen molar-refractivity contribution in [3.8, 4) is 5.75 Å². The summed E-state index contributed by atoms with van der Waals surface area (Å²) in [6.45, 7) is 4.99. The molecule has 78 valence electrons. The largest absolute Gasteiger partial charge is 0.508 e. The van der Waals surface area contributed by atoms with Crippen molar-refractivity contribution >= 4 is 5.69 Å². The van der Waals surface area contributed by atoms with E-state index in [0.717, 1.165) is 19.0 Å². The Morgan fingerprint density at radius 1 is 1.43 bits per heavy atom. The van der Waals surface area contributed by atoms with Crippen molar-refractivity contribution < 1.29 is 9.50 Å². The molecule has 2 N–H and O–H groups in total. The third-order valence-electron chi connectivity index (χ3n) is 1.99. The first-order chi connectivity index (χ1) is 6.59. The number of hydrogen-bond acceptors (Lipinski definition) is 2. The van der Waals surface area contributed by atoms with Crippen LogP contribution in [0.25, 0.3) is 0 Å². The number of halogens is 1. The number of phenols is 1. The number of phenolic OH excluding ortho intramolecular Hbond substituents is 1. The van der Waals surface area contributed by atoms with Crippen molar-refractivity contribution in [1.82, 2.24) is 0 Å². The zero-order valence-electron chi connectivity index (χ0n) is 8.55. The van der Waals surface area contributed by atoms with Gasteiger partial charge in [-0.25, -0.2) is 4.39 Å². The highest BCUT2D eigenvalue weighted by Gasteiger charge is 2.02. The van der Waals surface area contributed by atoms with Gasteiger partial charge in [0.05, 0.1) is 5.69 Å². The highest BCUT2D eigenvalue weighted by molar-refractivity contribution is 5.47. The van der Waals surface area contributed by atoms with Gasteiger partial charge in [-0.15, -0.1) is 0 Å². The summed E-state index contributed by atoms with van der Waals surface area (Å²) in [7, 11) is 0. The van der Waals surface area contributed by atoms with Crippen LogP contribution in [0.3, 0.4) is 0 Å². The summed E-state index contributed by atoms with van der Waals surface area (Å²) >= 11 is 0. The summed E-state index contributed by atoms with van der Waals surface area (Å²) in [4.78, 5) is 0. The Balaban J connectivity index is 2.51. The summed E-state index contributed by atoms with van der Waals surface area (Å²) in [5.41, 5.74) is 0.448. The van der Waals surface area contributed by atoms with E-state index in [1.54, 1.807) is 6.07 Å². The van der Waals surface area contributed by atoms with Crippen LogP contribution in [-0.2, 0) is 0 Å². The molecule has 0 unspecified atom stereocenters. The Morgan fingerprint density at radius 2 is 2.14 bits per heavy atom. The average Bonchev–Trinajstić information content (AvgIpc) is 2.08. The van der Waals surface area contributed by atoms with Gasteiger partial charge in [-0.2, -0.15) is 0 Å². The Labute approximate surface area is 83.8 Å². The van der Waals surface area contributed by atoms with Crippen LogP contribution >= 0.6 is 0 Å². The molecule has 0 atom stereocenters. The van der Waals surface area contributed by atoms with E-state index in [9.17, 15) is 4.39 Å². The van der Waals surface area contributed by atoms with E-state index in [1.807, 2.05) is 0 Å². The molecule has 2 nitrogen and oxygen atoms in total. The Kier molecular flexibility index (Phi) is 3.74. The lowest BCUT2D eigenvalue weighted by Crippen LogP contribution is -2.05. The first kappa shape index (κ1) is 10.8. The molecule has 1 aromatic carbocycles. The number of anilines is 1. The maximum Gasteiger partial charge on any atom is 0.149 e. The predicted octanol–water partition coefficient (Wildman–Crippen LogP) is 2.99. The topological polar surface area (TPSA) is 32.3 Å². The molecule has 0 aliphatic rings. The second-order valence-electron chi connectivity index (χ2n) is 3.77. The highest BCUT2D eigenvalue weighted by atomic mass is 19.1. The molecule has 0 fully saturated rings. The Hall–Kier alpha value is -1.25. The van der Waals surface area contributed by atoms with E-state index >= 15 is 0 Å². The van der Waals surface area contributed by atoms with Crippen molar-refractivity contribution in [2.75, 3.05) is 11.9 Å². The fraction of sp³-hybridized carbons (Fsp3) is 0.455. The molecule has 1 aromatic rings. The zero-order valence-corrected chi connectivity index (χ0v) is 8.55. The van der Waals surface area contributed by atoms with Crippen LogP contribution in [0.2, 0.25) is 0 Å². The molecule has 0 aliphatic carbocycles. The van der Waals surface area contributed by atoms with Gasteiger partial charge in [-0.05, 0) is 24.5 Å². The predicted molar refractivity (Wildman–Crippen MR) is 56.0 cm³/mol. The quantitative estimate of drug-likeness (QED) is 0.727. The van der Waals surface area contributed by atoms with Gasteiger partial charge in [0.2, 0.25) is 0 Å². The van der Waals surface area contributed by atoms with E-state index in [1.165, 1.54) is 6.07 Å². The minimum atomic E-state index is -0.409. The molecule has 0 bridgehead atoms. The van der Waals surface area contributed by atoms with Crippen LogP contribution < -0.4 is 5.32 Å². The second-order valence-corrected chi connectivity index (χ2v) is 3.77. The zero-order chi connectivity index (χ0) is 10.6. The van der Waals surface area contributed by atoms with Crippen LogP contribution in [0.15, 0.2) is 18.2 Å². The van der Waals surface area contributed by atoms with Crippen LogP contribution in [0.4, 0.5) is 10.1 Å².